The molecule has 0 heterocycles. The number of ketones is 1. The van der Waals surface area contributed by atoms with Crippen molar-refractivity contribution in [3.63, 3.8) is 0 Å². The van der Waals surface area contributed by atoms with Crippen LogP contribution < -0.4 is 5.73 Å². The van der Waals surface area contributed by atoms with Crippen molar-refractivity contribution in [2.24, 2.45) is 23.5 Å². The Morgan fingerprint density at radius 3 is 2.40 bits per heavy atom. The minimum Gasteiger partial charge on any atom is -0.330 e. The van der Waals surface area contributed by atoms with Crippen LogP contribution in [0.3, 0.4) is 0 Å². The standard InChI is InChI=1S/C18H29NO/c1-13(2)8-15-6-5-7-17(10-15)18(20)11-16(12-19)9-14(3)4/h5-7,10,13-14,16H,8-9,11-12,19H2,1-4H3. The molecule has 2 heteroatoms. The van der Waals surface area contributed by atoms with Gasteiger partial charge in [0.1, 0.15) is 0 Å². The summed E-state index contributed by atoms with van der Waals surface area (Å²) >= 11 is 0. The van der Waals surface area contributed by atoms with Crippen LogP contribution in [-0.2, 0) is 6.42 Å². The molecule has 1 aromatic rings. The fraction of sp³-hybridized carbons (Fsp3) is 0.611. The number of benzene rings is 1. The Morgan fingerprint density at radius 2 is 1.85 bits per heavy atom. The van der Waals surface area contributed by atoms with E-state index in [-0.39, 0.29) is 5.78 Å². The summed E-state index contributed by atoms with van der Waals surface area (Å²) in [5, 5.41) is 0. The van der Waals surface area contributed by atoms with E-state index >= 15 is 0 Å². The fourth-order valence-corrected chi connectivity index (χ4v) is 2.65. The molecule has 0 spiro atoms. The van der Waals surface area contributed by atoms with Gasteiger partial charge >= 0.3 is 0 Å². The van der Waals surface area contributed by atoms with Crippen LogP contribution >= 0.6 is 0 Å². The molecule has 1 atom stereocenters. The summed E-state index contributed by atoms with van der Waals surface area (Å²) in [4.78, 5) is 12.4. The van der Waals surface area contributed by atoms with E-state index in [0.717, 1.165) is 18.4 Å². The lowest BCUT2D eigenvalue weighted by molar-refractivity contribution is 0.0957. The number of rotatable bonds is 8. The van der Waals surface area contributed by atoms with Crippen molar-refractivity contribution >= 4 is 5.78 Å². The van der Waals surface area contributed by atoms with Crippen molar-refractivity contribution in [2.75, 3.05) is 6.54 Å². The van der Waals surface area contributed by atoms with Gasteiger partial charge in [-0.3, -0.25) is 4.79 Å². The van der Waals surface area contributed by atoms with E-state index in [1.165, 1.54) is 5.56 Å². The molecule has 2 nitrogen and oxygen atoms in total. The zero-order chi connectivity index (χ0) is 15.1. The smallest absolute Gasteiger partial charge is 0.163 e. The molecule has 0 bridgehead atoms. The maximum absolute atomic E-state index is 12.4. The van der Waals surface area contributed by atoms with Gasteiger partial charge in [0.25, 0.3) is 0 Å². The largest absolute Gasteiger partial charge is 0.330 e. The first-order chi connectivity index (χ1) is 9.42. The molecule has 0 aliphatic carbocycles. The third-order valence-corrected chi connectivity index (χ3v) is 3.51. The van der Waals surface area contributed by atoms with Crippen molar-refractivity contribution in [1.82, 2.24) is 0 Å². The van der Waals surface area contributed by atoms with Gasteiger partial charge in [-0.05, 0) is 48.8 Å². The monoisotopic (exact) mass is 275 g/mol. The Hall–Kier alpha value is -1.15. The minimum absolute atomic E-state index is 0.228. The Bertz CT molecular complexity index is 423. The van der Waals surface area contributed by atoms with Gasteiger partial charge in [-0.15, -0.1) is 0 Å². The van der Waals surface area contributed by atoms with Gasteiger partial charge in [0.15, 0.2) is 5.78 Å². The van der Waals surface area contributed by atoms with Gasteiger partial charge in [0.2, 0.25) is 0 Å². The third-order valence-electron chi connectivity index (χ3n) is 3.51. The number of nitrogens with two attached hydrogens (primary N) is 1. The maximum atomic E-state index is 12.4. The highest BCUT2D eigenvalue weighted by atomic mass is 16.1. The summed E-state index contributed by atoms with van der Waals surface area (Å²) in [5.41, 5.74) is 7.88. The van der Waals surface area contributed by atoms with Gasteiger partial charge in [-0.2, -0.15) is 0 Å². The van der Waals surface area contributed by atoms with E-state index in [9.17, 15) is 4.79 Å². The molecule has 0 saturated heterocycles. The number of Topliss-reactive ketones (excluding diaryl/α,β-unsaturated/α-hetero) is 1. The predicted molar refractivity (Wildman–Crippen MR) is 85.9 cm³/mol. The van der Waals surface area contributed by atoms with Crippen LogP contribution in [-0.4, -0.2) is 12.3 Å². The lowest BCUT2D eigenvalue weighted by Crippen LogP contribution is -2.20. The predicted octanol–water partition coefficient (Wildman–Crippen LogP) is 4.08. The molecule has 0 saturated carbocycles. The molecule has 0 radical (unpaired) electrons. The van der Waals surface area contributed by atoms with Gasteiger partial charge in [0, 0.05) is 12.0 Å². The van der Waals surface area contributed by atoms with Crippen molar-refractivity contribution < 1.29 is 4.79 Å². The van der Waals surface area contributed by atoms with E-state index in [1.807, 2.05) is 18.2 Å². The molecule has 20 heavy (non-hydrogen) atoms. The fourth-order valence-electron chi connectivity index (χ4n) is 2.65. The van der Waals surface area contributed by atoms with Crippen LogP contribution in [0.5, 0.6) is 0 Å². The van der Waals surface area contributed by atoms with Gasteiger partial charge < -0.3 is 5.73 Å². The van der Waals surface area contributed by atoms with Crippen LogP contribution in [0.2, 0.25) is 0 Å². The third kappa shape index (κ3) is 5.87. The Morgan fingerprint density at radius 1 is 1.15 bits per heavy atom. The van der Waals surface area contributed by atoms with E-state index < -0.39 is 0 Å². The Balaban J connectivity index is 2.71. The second-order valence-corrected chi connectivity index (χ2v) is 6.66. The highest BCUT2D eigenvalue weighted by Gasteiger charge is 2.15. The van der Waals surface area contributed by atoms with Crippen LogP contribution in [0, 0.1) is 17.8 Å². The average molecular weight is 275 g/mol. The summed E-state index contributed by atoms with van der Waals surface area (Å²) in [5.74, 6) is 1.73. The first kappa shape index (κ1) is 16.9. The number of carbonyl (C=O) groups is 1. The number of carbonyl (C=O) groups excluding carboxylic acids is 1. The number of hydrogen-bond donors (Lipinski definition) is 1. The maximum Gasteiger partial charge on any atom is 0.163 e. The van der Waals surface area contributed by atoms with E-state index in [0.29, 0.717) is 30.7 Å². The molecule has 112 valence electrons. The lowest BCUT2D eigenvalue weighted by atomic mass is 9.90. The van der Waals surface area contributed by atoms with Crippen molar-refractivity contribution in [3.8, 4) is 0 Å². The molecule has 0 aromatic heterocycles. The Kier molecular flexibility index (Phi) is 6.94. The summed E-state index contributed by atoms with van der Waals surface area (Å²) in [6.45, 7) is 9.34. The topological polar surface area (TPSA) is 43.1 Å². The van der Waals surface area contributed by atoms with Crippen molar-refractivity contribution in [2.45, 2.75) is 47.0 Å². The average Bonchev–Trinajstić information content (AvgIpc) is 2.36. The normalized spacial score (nSPS) is 12.9. The SMILES string of the molecule is CC(C)Cc1cccc(C(=O)CC(CN)CC(C)C)c1. The molecule has 2 N–H and O–H groups in total. The molecule has 1 rings (SSSR count). The van der Waals surface area contributed by atoms with Crippen LogP contribution in [0.15, 0.2) is 24.3 Å². The minimum atomic E-state index is 0.228. The second-order valence-electron chi connectivity index (χ2n) is 6.66. The summed E-state index contributed by atoms with van der Waals surface area (Å²) in [6.07, 6.45) is 2.61. The first-order valence-electron chi connectivity index (χ1n) is 7.74. The molecule has 1 aromatic carbocycles. The highest BCUT2D eigenvalue weighted by molar-refractivity contribution is 5.96. The molecular weight excluding hydrogens is 246 g/mol. The van der Waals surface area contributed by atoms with Crippen molar-refractivity contribution in [1.29, 1.82) is 0 Å². The van der Waals surface area contributed by atoms with Gasteiger partial charge in [-0.25, -0.2) is 0 Å². The Labute approximate surface area is 123 Å². The first-order valence-corrected chi connectivity index (χ1v) is 7.74. The molecule has 0 aliphatic heterocycles. The quantitative estimate of drug-likeness (QED) is 0.726. The van der Waals surface area contributed by atoms with E-state index in [2.05, 4.69) is 33.8 Å². The highest BCUT2D eigenvalue weighted by Crippen LogP contribution is 2.18. The van der Waals surface area contributed by atoms with Crippen LogP contribution in [0.1, 0.15) is 56.5 Å². The second kappa shape index (κ2) is 8.21. The molecule has 0 fully saturated rings. The summed E-state index contributed by atoms with van der Waals surface area (Å²) in [6, 6.07) is 8.07. The van der Waals surface area contributed by atoms with Crippen LogP contribution in [0.4, 0.5) is 0 Å². The zero-order valence-corrected chi connectivity index (χ0v) is 13.4. The van der Waals surface area contributed by atoms with Crippen LogP contribution in [0.25, 0.3) is 0 Å². The molecule has 0 amide bonds. The van der Waals surface area contributed by atoms with Crippen molar-refractivity contribution in [3.05, 3.63) is 35.4 Å². The molecule has 0 aliphatic rings. The lowest BCUT2D eigenvalue weighted by Gasteiger charge is -2.16. The summed E-state index contributed by atoms with van der Waals surface area (Å²) in [7, 11) is 0. The number of hydrogen-bond acceptors (Lipinski definition) is 2. The van der Waals surface area contributed by atoms with Gasteiger partial charge in [-0.1, -0.05) is 45.9 Å². The van der Waals surface area contributed by atoms with E-state index in [4.69, 9.17) is 5.73 Å². The molecular formula is C18H29NO. The van der Waals surface area contributed by atoms with Gasteiger partial charge in [0.05, 0.1) is 0 Å². The van der Waals surface area contributed by atoms with E-state index in [1.54, 1.807) is 0 Å². The molecule has 1 unspecified atom stereocenters. The summed E-state index contributed by atoms with van der Waals surface area (Å²) < 4.78 is 0. The zero-order valence-electron chi connectivity index (χ0n) is 13.4.